The summed E-state index contributed by atoms with van der Waals surface area (Å²) in [5, 5.41) is 13.5. The van der Waals surface area contributed by atoms with Crippen LogP contribution in [0.5, 0.6) is 0 Å². The van der Waals surface area contributed by atoms with Crippen LogP contribution in [0, 0.1) is 22.0 Å². The van der Waals surface area contributed by atoms with Crippen molar-refractivity contribution in [2.24, 2.45) is 0 Å². The first-order chi connectivity index (χ1) is 8.60. The van der Waals surface area contributed by atoms with Gasteiger partial charge in [-0.2, -0.15) is 0 Å². The fourth-order valence-corrected chi connectivity index (χ4v) is 1.16. The Balaban J connectivity index is 3.09. The molecule has 94 valence electrons. The lowest BCUT2D eigenvalue weighted by molar-refractivity contribution is -0.384. The largest absolute Gasteiger partial charge is 0.464 e. The highest BCUT2D eigenvalue weighted by molar-refractivity contribution is 5.88. The van der Waals surface area contributed by atoms with Crippen LogP contribution in [-0.4, -0.2) is 29.5 Å². The summed E-state index contributed by atoms with van der Waals surface area (Å²) in [6.07, 6.45) is 0. The SMILES string of the molecule is CC#CCNc1nc(C(=O)OC)ccc1[N+](=O)[O-]. The molecule has 0 atom stereocenters. The molecule has 0 fully saturated rings. The third-order valence-electron chi connectivity index (χ3n) is 1.99. The molecule has 0 unspecified atom stereocenters. The monoisotopic (exact) mass is 249 g/mol. The molecule has 7 heteroatoms. The standard InChI is InChI=1S/C11H11N3O4/c1-3-4-7-12-10-9(14(16)17)6-5-8(13-10)11(15)18-2/h5-6H,7H2,1-2H3,(H,12,13). The zero-order chi connectivity index (χ0) is 13.5. The van der Waals surface area contributed by atoms with E-state index in [1.54, 1.807) is 6.92 Å². The van der Waals surface area contributed by atoms with Gasteiger partial charge in [0, 0.05) is 6.07 Å². The maximum absolute atomic E-state index is 11.3. The van der Waals surface area contributed by atoms with Crippen LogP contribution in [0.2, 0.25) is 0 Å². The second-order valence-corrected chi connectivity index (χ2v) is 3.09. The van der Waals surface area contributed by atoms with Crippen molar-refractivity contribution in [3.05, 3.63) is 27.9 Å². The lowest BCUT2D eigenvalue weighted by Crippen LogP contribution is -2.10. The van der Waals surface area contributed by atoms with E-state index in [2.05, 4.69) is 26.9 Å². The van der Waals surface area contributed by atoms with Crippen LogP contribution in [0.1, 0.15) is 17.4 Å². The van der Waals surface area contributed by atoms with E-state index in [1.165, 1.54) is 19.2 Å². The minimum Gasteiger partial charge on any atom is -0.464 e. The number of carbonyl (C=O) groups excluding carboxylic acids is 1. The average Bonchev–Trinajstić information content (AvgIpc) is 2.37. The maximum atomic E-state index is 11.3. The zero-order valence-corrected chi connectivity index (χ0v) is 9.89. The summed E-state index contributed by atoms with van der Waals surface area (Å²) in [4.78, 5) is 25.3. The Labute approximate surface area is 103 Å². The number of nitrogens with zero attached hydrogens (tertiary/aromatic N) is 2. The van der Waals surface area contributed by atoms with E-state index in [0.29, 0.717) is 0 Å². The van der Waals surface area contributed by atoms with Gasteiger partial charge >= 0.3 is 11.7 Å². The quantitative estimate of drug-likeness (QED) is 0.373. The minimum absolute atomic E-state index is 0.00458. The molecule has 0 radical (unpaired) electrons. The van der Waals surface area contributed by atoms with E-state index in [-0.39, 0.29) is 23.7 Å². The first-order valence-corrected chi connectivity index (χ1v) is 4.97. The predicted molar refractivity (Wildman–Crippen MR) is 64.2 cm³/mol. The van der Waals surface area contributed by atoms with Crippen molar-refractivity contribution < 1.29 is 14.5 Å². The number of anilines is 1. The Morgan fingerprint density at radius 3 is 2.89 bits per heavy atom. The second-order valence-electron chi connectivity index (χ2n) is 3.09. The summed E-state index contributed by atoms with van der Waals surface area (Å²) >= 11 is 0. The van der Waals surface area contributed by atoms with E-state index in [4.69, 9.17) is 0 Å². The fourth-order valence-electron chi connectivity index (χ4n) is 1.16. The van der Waals surface area contributed by atoms with Crippen LogP contribution in [0.15, 0.2) is 12.1 Å². The summed E-state index contributed by atoms with van der Waals surface area (Å²) in [5.74, 6) is 4.65. The maximum Gasteiger partial charge on any atom is 0.356 e. The van der Waals surface area contributed by atoms with Gasteiger partial charge in [-0.05, 0) is 13.0 Å². The summed E-state index contributed by atoms with van der Waals surface area (Å²) in [5.41, 5.74) is -0.226. The third kappa shape index (κ3) is 3.18. The number of pyridine rings is 1. The van der Waals surface area contributed by atoms with E-state index < -0.39 is 10.9 Å². The second kappa shape index (κ2) is 6.20. The Morgan fingerprint density at radius 2 is 2.33 bits per heavy atom. The molecule has 7 nitrogen and oxygen atoms in total. The van der Waals surface area contributed by atoms with Crippen LogP contribution < -0.4 is 5.32 Å². The molecule has 1 aromatic heterocycles. The topological polar surface area (TPSA) is 94.4 Å². The molecule has 0 aliphatic carbocycles. The zero-order valence-electron chi connectivity index (χ0n) is 9.89. The van der Waals surface area contributed by atoms with Gasteiger partial charge in [-0.25, -0.2) is 9.78 Å². The summed E-state index contributed by atoms with van der Waals surface area (Å²) in [7, 11) is 1.21. The van der Waals surface area contributed by atoms with Crippen molar-refractivity contribution in [1.29, 1.82) is 0 Å². The summed E-state index contributed by atoms with van der Waals surface area (Å²) in [6.45, 7) is 1.85. The number of hydrogen-bond donors (Lipinski definition) is 1. The normalized spacial score (nSPS) is 9.00. The lowest BCUT2D eigenvalue weighted by Gasteiger charge is -2.04. The number of nitro groups is 1. The van der Waals surface area contributed by atoms with Crippen LogP contribution in [0.25, 0.3) is 0 Å². The number of methoxy groups -OCH3 is 1. The summed E-state index contributed by atoms with van der Waals surface area (Å²) in [6, 6.07) is 2.43. The van der Waals surface area contributed by atoms with Crippen LogP contribution in [0.4, 0.5) is 11.5 Å². The average molecular weight is 249 g/mol. The first-order valence-electron chi connectivity index (χ1n) is 4.97. The van der Waals surface area contributed by atoms with Crippen molar-refractivity contribution in [3.8, 4) is 11.8 Å². The van der Waals surface area contributed by atoms with E-state index >= 15 is 0 Å². The Morgan fingerprint density at radius 1 is 1.61 bits per heavy atom. The van der Waals surface area contributed by atoms with Gasteiger partial charge in [0.1, 0.15) is 0 Å². The molecule has 0 saturated carbocycles. The highest BCUT2D eigenvalue weighted by Crippen LogP contribution is 2.21. The Hall–Kier alpha value is -2.62. The van der Waals surface area contributed by atoms with Gasteiger partial charge in [0.2, 0.25) is 5.82 Å². The molecule has 0 spiro atoms. The molecule has 1 aromatic rings. The van der Waals surface area contributed by atoms with E-state index in [9.17, 15) is 14.9 Å². The Kier molecular flexibility index (Phi) is 4.63. The van der Waals surface area contributed by atoms with Crippen LogP contribution in [0.3, 0.4) is 0 Å². The number of rotatable bonds is 4. The van der Waals surface area contributed by atoms with Crippen molar-refractivity contribution in [3.63, 3.8) is 0 Å². The van der Waals surface area contributed by atoms with E-state index in [0.717, 1.165) is 0 Å². The molecule has 1 N–H and O–H groups in total. The lowest BCUT2D eigenvalue weighted by atomic mass is 10.3. The molecule has 0 aliphatic rings. The van der Waals surface area contributed by atoms with Gasteiger partial charge in [0.25, 0.3) is 0 Å². The van der Waals surface area contributed by atoms with Crippen LogP contribution in [-0.2, 0) is 4.74 Å². The minimum atomic E-state index is -0.658. The van der Waals surface area contributed by atoms with Crippen molar-refractivity contribution in [1.82, 2.24) is 4.98 Å². The van der Waals surface area contributed by atoms with Gasteiger partial charge in [0.05, 0.1) is 18.6 Å². The number of esters is 1. The van der Waals surface area contributed by atoms with Crippen molar-refractivity contribution in [2.45, 2.75) is 6.92 Å². The summed E-state index contributed by atoms with van der Waals surface area (Å²) < 4.78 is 4.49. The molecular formula is C11H11N3O4. The molecule has 18 heavy (non-hydrogen) atoms. The predicted octanol–water partition coefficient (Wildman–Crippen LogP) is 1.21. The molecule has 0 aliphatic heterocycles. The fraction of sp³-hybridized carbons (Fsp3) is 0.273. The highest BCUT2D eigenvalue weighted by atomic mass is 16.6. The van der Waals surface area contributed by atoms with Crippen molar-refractivity contribution in [2.75, 3.05) is 19.0 Å². The first kappa shape index (κ1) is 13.4. The number of hydrogen-bond acceptors (Lipinski definition) is 6. The number of aromatic nitrogens is 1. The van der Waals surface area contributed by atoms with Gasteiger partial charge in [0.15, 0.2) is 5.69 Å². The molecule has 0 saturated heterocycles. The molecular weight excluding hydrogens is 238 g/mol. The number of ether oxygens (including phenoxy) is 1. The molecule has 0 amide bonds. The molecule has 0 aromatic carbocycles. The highest BCUT2D eigenvalue weighted by Gasteiger charge is 2.18. The molecule has 1 rings (SSSR count). The van der Waals surface area contributed by atoms with Gasteiger partial charge < -0.3 is 10.1 Å². The Bertz CT molecular complexity index is 531. The number of nitrogens with one attached hydrogen (secondary N) is 1. The smallest absolute Gasteiger partial charge is 0.356 e. The molecule has 1 heterocycles. The van der Waals surface area contributed by atoms with E-state index in [1.807, 2.05) is 0 Å². The van der Waals surface area contributed by atoms with Gasteiger partial charge in [-0.1, -0.05) is 5.92 Å². The number of carbonyl (C=O) groups is 1. The third-order valence-corrected chi connectivity index (χ3v) is 1.99. The van der Waals surface area contributed by atoms with Gasteiger partial charge in [-0.3, -0.25) is 10.1 Å². The van der Waals surface area contributed by atoms with Crippen LogP contribution >= 0.6 is 0 Å². The van der Waals surface area contributed by atoms with Crippen molar-refractivity contribution >= 4 is 17.5 Å². The molecule has 0 bridgehead atoms. The van der Waals surface area contributed by atoms with Gasteiger partial charge in [-0.15, -0.1) is 5.92 Å².